The zero-order valence-corrected chi connectivity index (χ0v) is 15.8. The molecule has 0 bridgehead atoms. The normalized spacial score (nSPS) is 10.6. The molecule has 0 aliphatic heterocycles. The Bertz CT molecular complexity index is 1020. The van der Waals surface area contributed by atoms with Crippen molar-refractivity contribution in [2.24, 2.45) is 0 Å². The molecule has 0 aliphatic rings. The van der Waals surface area contributed by atoms with Crippen LogP contribution in [0.25, 0.3) is 6.08 Å². The summed E-state index contributed by atoms with van der Waals surface area (Å²) in [5.74, 6) is 0.291. The molecule has 4 nitrogen and oxygen atoms in total. The van der Waals surface area contributed by atoms with Gasteiger partial charge >= 0.3 is 5.97 Å². The van der Waals surface area contributed by atoms with Crippen LogP contribution in [0.15, 0.2) is 78.9 Å². The average Bonchev–Trinajstić information content (AvgIpc) is 2.73. The first kappa shape index (κ1) is 19.4. The topological polar surface area (TPSA) is 52.6 Å². The third-order valence-electron chi connectivity index (χ3n) is 4.00. The van der Waals surface area contributed by atoms with Crippen LogP contribution in [0.4, 0.5) is 0 Å². The van der Waals surface area contributed by atoms with Crippen molar-refractivity contribution in [3.63, 3.8) is 0 Å². The van der Waals surface area contributed by atoms with Gasteiger partial charge < -0.3 is 9.47 Å². The van der Waals surface area contributed by atoms with Gasteiger partial charge in [-0.15, -0.1) is 0 Å². The zero-order chi connectivity index (χ0) is 19.9. The van der Waals surface area contributed by atoms with E-state index in [9.17, 15) is 9.59 Å². The van der Waals surface area contributed by atoms with Gasteiger partial charge in [-0.05, 0) is 54.6 Å². The third-order valence-corrected chi connectivity index (χ3v) is 4.33. The minimum Gasteiger partial charge on any atom is -0.496 e. The highest BCUT2D eigenvalue weighted by Crippen LogP contribution is 2.21. The second kappa shape index (κ2) is 9.02. The molecule has 140 valence electrons. The standard InChI is InChI=1S/C23H17ClO4/c1-27-22-9-5-2-6-17(22)12-15-21(25)16-10-13-18(14-11-16)28-23(26)19-7-3-4-8-20(19)24/h2-15H,1H3. The summed E-state index contributed by atoms with van der Waals surface area (Å²) in [6.07, 6.45) is 3.18. The van der Waals surface area contributed by atoms with Crippen LogP contribution in [0, 0.1) is 0 Å². The summed E-state index contributed by atoms with van der Waals surface area (Å²) < 4.78 is 10.6. The Labute approximate surface area is 168 Å². The van der Waals surface area contributed by atoms with E-state index in [1.807, 2.05) is 24.3 Å². The molecule has 0 atom stereocenters. The smallest absolute Gasteiger partial charge is 0.345 e. The Morgan fingerprint density at radius 2 is 1.57 bits per heavy atom. The van der Waals surface area contributed by atoms with Gasteiger partial charge in [0.1, 0.15) is 11.5 Å². The maximum Gasteiger partial charge on any atom is 0.345 e. The molecule has 0 saturated heterocycles. The number of halogens is 1. The van der Waals surface area contributed by atoms with E-state index < -0.39 is 5.97 Å². The fraction of sp³-hybridized carbons (Fsp3) is 0.0435. The highest BCUT2D eigenvalue weighted by Gasteiger charge is 2.12. The minimum atomic E-state index is -0.555. The Hall–Kier alpha value is -3.37. The molecular formula is C23H17ClO4. The van der Waals surface area contributed by atoms with E-state index in [0.29, 0.717) is 22.1 Å². The summed E-state index contributed by atoms with van der Waals surface area (Å²) in [6, 6.07) is 20.4. The van der Waals surface area contributed by atoms with E-state index in [0.717, 1.165) is 5.56 Å². The van der Waals surface area contributed by atoms with Crippen LogP contribution in [0.1, 0.15) is 26.3 Å². The van der Waals surface area contributed by atoms with Gasteiger partial charge in [-0.25, -0.2) is 4.79 Å². The summed E-state index contributed by atoms with van der Waals surface area (Å²) >= 11 is 6.00. The van der Waals surface area contributed by atoms with Crippen molar-refractivity contribution in [3.8, 4) is 11.5 Å². The van der Waals surface area contributed by atoms with Gasteiger partial charge in [-0.2, -0.15) is 0 Å². The van der Waals surface area contributed by atoms with E-state index in [-0.39, 0.29) is 11.3 Å². The first-order valence-electron chi connectivity index (χ1n) is 8.50. The van der Waals surface area contributed by atoms with Crippen molar-refractivity contribution in [2.75, 3.05) is 7.11 Å². The highest BCUT2D eigenvalue weighted by atomic mass is 35.5. The van der Waals surface area contributed by atoms with Gasteiger partial charge in [0.05, 0.1) is 17.7 Å². The first-order valence-corrected chi connectivity index (χ1v) is 8.88. The third kappa shape index (κ3) is 4.67. The largest absolute Gasteiger partial charge is 0.496 e. The SMILES string of the molecule is COc1ccccc1C=CC(=O)c1ccc(OC(=O)c2ccccc2Cl)cc1. The Morgan fingerprint density at radius 1 is 0.893 bits per heavy atom. The molecule has 0 unspecified atom stereocenters. The molecule has 0 aliphatic carbocycles. The number of hydrogen-bond donors (Lipinski definition) is 0. The monoisotopic (exact) mass is 392 g/mol. The second-order valence-electron chi connectivity index (χ2n) is 5.83. The number of hydrogen-bond acceptors (Lipinski definition) is 4. The molecule has 0 amide bonds. The number of methoxy groups -OCH3 is 1. The number of esters is 1. The summed E-state index contributed by atoms with van der Waals surface area (Å²) in [5.41, 5.74) is 1.57. The second-order valence-corrected chi connectivity index (χ2v) is 6.24. The van der Waals surface area contributed by atoms with Crippen LogP contribution >= 0.6 is 11.6 Å². The van der Waals surface area contributed by atoms with E-state index in [1.54, 1.807) is 61.7 Å². The van der Waals surface area contributed by atoms with Crippen molar-refractivity contribution in [1.29, 1.82) is 0 Å². The van der Waals surface area contributed by atoms with E-state index in [2.05, 4.69) is 0 Å². The maximum atomic E-state index is 12.4. The number of rotatable bonds is 6. The zero-order valence-electron chi connectivity index (χ0n) is 15.1. The molecule has 0 aromatic heterocycles. The Balaban J connectivity index is 1.68. The molecular weight excluding hydrogens is 376 g/mol. The quantitative estimate of drug-likeness (QED) is 0.242. The average molecular weight is 393 g/mol. The van der Waals surface area contributed by atoms with Gasteiger partial charge in [0.25, 0.3) is 0 Å². The number of ether oxygens (including phenoxy) is 2. The molecule has 0 N–H and O–H groups in total. The Kier molecular flexibility index (Phi) is 6.25. The van der Waals surface area contributed by atoms with Crippen molar-refractivity contribution in [2.45, 2.75) is 0 Å². The maximum absolute atomic E-state index is 12.4. The van der Waals surface area contributed by atoms with E-state index >= 15 is 0 Å². The summed E-state index contributed by atoms with van der Waals surface area (Å²) in [5, 5.41) is 0.320. The summed E-state index contributed by atoms with van der Waals surface area (Å²) in [7, 11) is 1.58. The van der Waals surface area contributed by atoms with Crippen LogP contribution in [-0.4, -0.2) is 18.9 Å². The number of para-hydroxylation sites is 1. The number of ketones is 1. The lowest BCUT2D eigenvalue weighted by Gasteiger charge is -2.06. The van der Waals surface area contributed by atoms with Gasteiger partial charge in [0.15, 0.2) is 5.78 Å². The number of allylic oxidation sites excluding steroid dienone is 1. The predicted molar refractivity (Wildman–Crippen MR) is 109 cm³/mol. The van der Waals surface area contributed by atoms with Crippen molar-refractivity contribution in [3.05, 3.63) is 101 Å². The van der Waals surface area contributed by atoms with Gasteiger partial charge in [0.2, 0.25) is 0 Å². The molecule has 0 saturated carbocycles. The lowest BCUT2D eigenvalue weighted by atomic mass is 10.1. The highest BCUT2D eigenvalue weighted by molar-refractivity contribution is 6.33. The lowest BCUT2D eigenvalue weighted by Crippen LogP contribution is -2.09. The molecule has 0 fully saturated rings. The van der Waals surface area contributed by atoms with Gasteiger partial charge in [-0.3, -0.25) is 4.79 Å². The molecule has 0 heterocycles. The van der Waals surface area contributed by atoms with Crippen LogP contribution in [0.5, 0.6) is 11.5 Å². The fourth-order valence-corrected chi connectivity index (χ4v) is 2.75. The lowest BCUT2D eigenvalue weighted by molar-refractivity contribution is 0.0735. The summed E-state index contributed by atoms with van der Waals surface area (Å²) in [6.45, 7) is 0. The molecule has 3 rings (SSSR count). The Morgan fingerprint density at radius 3 is 2.29 bits per heavy atom. The van der Waals surface area contributed by atoms with Gasteiger partial charge in [-0.1, -0.05) is 41.9 Å². The van der Waals surface area contributed by atoms with Gasteiger partial charge in [0, 0.05) is 11.1 Å². The molecule has 5 heteroatoms. The molecule has 0 spiro atoms. The van der Waals surface area contributed by atoms with E-state index in [1.165, 1.54) is 6.08 Å². The number of carbonyl (C=O) groups excluding carboxylic acids is 2. The van der Waals surface area contributed by atoms with Crippen molar-refractivity contribution in [1.82, 2.24) is 0 Å². The van der Waals surface area contributed by atoms with Crippen molar-refractivity contribution >= 4 is 29.4 Å². The van der Waals surface area contributed by atoms with Crippen LogP contribution in [0.2, 0.25) is 5.02 Å². The molecule has 0 radical (unpaired) electrons. The minimum absolute atomic E-state index is 0.171. The van der Waals surface area contributed by atoms with Crippen LogP contribution in [-0.2, 0) is 0 Å². The fourth-order valence-electron chi connectivity index (χ4n) is 2.54. The molecule has 3 aromatic rings. The van der Waals surface area contributed by atoms with E-state index in [4.69, 9.17) is 21.1 Å². The molecule has 3 aromatic carbocycles. The predicted octanol–water partition coefficient (Wildman–Crippen LogP) is 5.46. The number of benzene rings is 3. The summed E-state index contributed by atoms with van der Waals surface area (Å²) in [4.78, 5) is 24.5. The first-order chi connectivity index (χ1) is 13.6. The van der Waals surface area contributed by atoms with Crippen molar-refractivity contribution < 1.29 is 19.1 Å². The van der Waals surface area contributed by atoms with Crippen LogP contribution < -0.4 is 9.47 Å². The van der Waals surface area contributed by atoms with Crippen LogP contribution in [0.3, 0.4) is 0 Å². The number of carbonyl (C=O) groups is 2. The molecule has 28 heavy (non-hydrogen) atoms.